The summed E-state index contributed by atoms with van der Waals surface area (Å²) < 4.78 is 9.00. The van der Waals surface area contributed by atoms with Crippen molar-refractivity contribution in [1.82, 2.24) is 9.13 Å². The van der Waals surface area contributed by atoms with E-state index in [-0.39, 0.29) is 12.5 Å². The van der Waals surface area contributed by atoms with E-state index < -0.39 is 5.97 Å². The quantitative estimate of drug-likeness (QED) is 0.537. The largest absolute Gasteiger partial charge is 0.451 e. The molecule has 1 N–H and O–H groups in total. The molecule has 0 unspecified atom stereocenters. The van der Waals surface area contributed by atoms with E-state index in [9.17, 15) is 9.59 Å². The highest BCUT2D eigenvalue weighted by molar-refractivity contribution is 6.09. The van der Waals surface area contributed by atoms with Gasteiger partial charge in [0.05, 0.1) is 0 Å². The van der Waals surface area contributed by atoms with Crippen LogP contribution in [0.1, 0.15) is 17.4 Å². The van der Waals surface area contributed by atoms with Crippen molar-refractivity contribution in [3.8, 4) is 0 Å². The molecule has 0 bridgehead atoms. The van der Waals surface area contributed by atoms with Crippen molar-refractivity contribution in [2.45, 2.75) is 13.5 Å². The molecule has 1 amide bonds. The molecule has 0 aliphatic carbocycles. The van der Waals surface area contributed by atoms with Gasteiger partial charge in [-0.2, -0.15) is 0 Å². The molecule has 6 nitrogen and oxygen atoms in total. The van der Waals surface area contributed by atoms with Crippen molar-refractivity contribution in [2.75, 3.05) is 11.9 Å². The molecule has 0 radical (unpaired) electrons. The number of rotatable bonds is 5. The number of aromatic nitrogens is 2. The molecule has 0 saturated heterocycles. The summed E-state index contributed by atoms with van der Waals surface area (Å²) in [4.78, 5) is 24.2. The van der Waals surface area contributed by atoms with Gasteiger partial charge >= 0.3 is 5.97 Å². The fourth-order valence-corrected chi connectivity index (χ4v) is 3.55. The van der Waals surface area contributed by atoms with E-state index in [2.05, 4.69) is 28.9 Å². The van der Waals surface area contributed by atoms with E-state index in [4.69, 9.17) is 4.74 Å². The fraction of sp³-hybridized carbons (Fsp3) is 0.182. The molecular formula is C22H21N3O3. The molecule has 0 saturated carbocycles. The van der Waals surface area contributed by atoms with Gasteiger partial charge in [0.15, 0.2) is 6.61 Å². The molecule has 0 fully saturated rings. The SMILES string of the molecule is CCn1c2ccccc2c2cc(NC(=O)COC(=O)c3cccn3C)ccc21. The summed E-state index contributed by atoms with van der Waals surface area (Å²) in [7, 11) is 1.75. The molecule has 0 aliphatic heterocycles. The molecule has 0 spiro atoms. The van der Waals surface area contributed by atoms with E-state index in [1.54, 1.807) is 29.9 Å². The van der Waals surface area contributed by atoms with Gasteiger partial charge in [0.1, 0.15) is 5.69 Å². The molecule has 4 aromatic rings. The smallest absolute Gasteiger partial charge is 0.355 e. The minimum Gasteiger partial charge on any atom is -0.451 e. The number of nitrogens with zero attached hydrogens (tertiary/aromatic N) is 2. The second-order valence-corrected chi connectivity index (χ2v) is 6.62. The van der Waals surface area contributed by atoms with Crippen molar-refractivity contribution in [1.29, 1.82) is 0 Å². The van der Waals surface area contributed by atoms with E-state index >= 15 is 0 Å². The standard InChI is InChI=1S/C22H21N3O3/c1-3-25-18-8-5-4-7-16(18)17-13-15(10-11-19(17)25)23-21(26)14-28-22(27)20-9-6-12-24(20)2/h4-13H,3,14H2,1-2H3,(H,23,26). The van der Waals surface area contributed by atoms with Gasteiger partial charge in [-0.15, -0.1) is 0 Å². The van der Waals surface area contributed by atoms with Crippen molar-refractivity contribution in [3.05, 3.63) is 66.5 Å². The lowest BCUT2D eigenvalue weighted by Gasteiger charge is -2.08. The number of fused-ring (bicyclic) bond motifs is 3. The third kappa shape index (κ3) is 3.13. The van der Waals surface area contributed by atoms with Crippen molar-refractivity contribution in [2.24, 2.45) is 7.05 Å². The third-order valence-corrected chi connectivity index (χ3v) is 4.86. The number of hydrogen-bond acceptors (Lipinski definition) is 3. The Balaban J connectivity index is 1.52. The maximum absolute atomic E-state index is 12.2. The zero-order chi connectivity index (χ0) is 19.7. The first-order valence-corrected chi connectivity index (χ1v) is 9.17. The summed E-state index contributed by atoms with van der Waals surface area (Å²) in [6.07, 6.45) is 1.75. The van der Waals surface area contributed by atoms with Crippen LogP contribution in [0.5, 0.6) is 0 Å². The van der Waals surface area contributed by atoms with Gasteiger partial charge in [-0.3, -0.25) is 4.79 Å². The molecule has 0 aliphatic rings. The number of amides is 1. The lowest BCUT2D eigenvalue weighted by atomic mass is 10.1. The number of ether oxygens (including phenoxy) is 1. The normalized spacial score (nSPS) is 11.1. The maximum Gasteiger partial charge on any atom is 0.355 e. The van der Waals surface area contributed by atoms with Crippen LogP contribution < -0.4 is 5.32 Å². The van der Waals surface area contributed by atoms with Crippen LogP contribution in [-0.2, 0) is 23.1 Å². The van der Waals surface area contributed by atoms with Crippen LogP contribution in [0.15, 0.2) is 60.8 Å². The second-order valence-electron chi connectivity index (χ2n) is 6.62. The highest BCUT2D eigenvalue weighted by atomic mass is 16.5. The zero-order valence-corrected chi connectivity index (χ0v) is 15.8. The number of benzene rings is 2. The van der Waals surface area contributed by atoms with Crippen LogP contribution in [0.4, 0.5) is 5.69 Å². The number of hydrogen-bond donors (Lipinski definition) is 1. The molecule has 2 aromatic heterocycles. The Morgan fingerprint density at radius 1 is 1.00 bits per heavy atom. The van der Waals surface area contributed by atoms with Gasteiger partial charge in [0, 0.05) is 47.3 Å². The van der Waals surface area contributed by atoms with E-state index in [1.165, 1.54) is 5.52 Å². The van der Waals surface area contributed by atoms with Gasteiger partial charge in [-0.1, -0.05) is 18.2 Å². The number of carbonyl (C=O) groups excluding carboxylic acids is 2. The van der Waals surface area contributed by atoms with Crippen molar-refractivity contribution >= 4 is 39.4 Å². The van der Waals surface area contributed by atoms with Gasteiger partial charge in [0.2, 0.25) is 0 Å². The van der Waals surface area contributed by atoms with Crippen LogP contribution in [0.3, 0.4) is 0 Å². The molecule has 28 heavy (non-hydrogen) atoms. The fourth-order valence-electron chi connectivity index (χ4n) is 3.55. The van der Waals surface area contributed by atoms with Gasteiger partial charge in [-0.25, -0.2) is 4.79 Å². The lowest BCUT2D eigenvalue weighted by Crippen LogP contribution is -2.21. The van der Waals surface area contributed by atoms with Crippen LogP contribution in [0.25, 0.3) is 21.8 Å². The summed E-state index contributed by atoms with van der Waals surface area (Å²) in [5.74, 6) is -0.898. The van der Waals surface area contributed by atoms with Crippen molar-refractivity contribution < 1.29 is 14.3 Å². The number of para-hydroxylation sites is 1. The summed E-state index contributed by atoms with van der Waals surface area (Å²) in [5.41, 5.74) is 3.37. The second kappa shape index (κ2) is 7.23. The summed E-state index contributed by atoms with van der Waals surface area (Å²) in [5, 5.41) is 5.03. The monoisotopic (exact) mass is 375 g/mol. The molecule has 2 aromatic carbocycles. The minimum absolute atomic E-state index is 0.335. The minimum atomic E-state index is -0.524. The highest BCUT2D eigenvalue weighted by Gasteiger charge is 2.14. The van der Waals surface area contributed by atoms with Crippen LogP contribution in [-0.4, -0.2) is 27.6 Å². The summed E-state index contributed by atoms with van der Waals surface area (Å²) in [6, 6.07) is 17.4. The van der Waals surface area contributed by atoms with Crippen LogP contribution in [0, 0.1) is 0 Å². The number of nitrogens with one attached hydrogen (secondary N) is 1. The molecular weight excluding hydrogens is 354 g/mol. The van der Waals surface area contributed by atoms with E-state index in [0.717, 1.165) is 22.8 Å². The average Bonchev–Trinajstić information content (AvgIpc) is 3.27. The Kier molecular flexibility index (Phi) is 4.61. The maximum atomic E-state index is 12.2. The van der Waals surface area contributed by atoms with Gasteiger partial charge in [-0.05, 0) is 43.3 Å². The number of aryl methyl sites for hydroxylation is 2. The Hall–Kier alpha value is -3.54. The molecule has 0 atom stereocenters. The van der Waals surface area contributed by atoms with Gasteiger partial charge in [0.25, 0.3) is 5.91 Å². The highest BCUT2D eigenvalue weighted by Crippen LogP contribution is 2.30. The first-order chi connectivity index (χ1) is 13.6. The van der Waals surface area contributed by atoms with Crippen LogP contribution >= 0.6 is 0 Å². The Morgan fingerprint density at radius 3 is 2.54 bits per heavy atom. The van der Waals surface area contributed by atoms with Crippen molar-refractivity contribution in [3.63, 3.8) is 0 Å². The predicted molar refractivity (Wildman–Crippen MR) is 109 cm³/mol. The average molecular weight is 375 g/mol. The molecule has 4 rings (SSSR count). The van der Waals surface area contributed by atoms with Crippen LogP contribution in [0.2, 0.25) is 0 Å². The first-order valence-electron chi connectivity index (χ1n) is 9.17. The summed E-state index contributed by atoms with van der Waals surface area (Å²) in [6.45, 7) is 2.65. The van der Waals surface area contributed by atoms with E-state index in [0.29, 0.717) is 11.4 Å². The number of esters is 1. The zero-order valence-electron chi connectivity index (χ0n) is 15.8. The number of anilines is 1. The Bertz CT molecular complexity index is 1190. The Morgan fingerprint density at radius 2 is 1.79 bits per heavy atom. The topological polar surface area (TPSA) is 65.3 Å². The molecule has 6 heteroatoms. The molecule has 142 valence electrons. The first kappa shape index (κ1) is 17.9. The third-order valence-electron chi connectivity index (χ3n) is 4.86. The lowest BCUT2D eigenvalue weighted by molar-refractivity contribution is -0.119. The molecule has 2 heterocycles. The Labute approximate surface area is 162 Å². The predicted octanol–water partition coefficient (Wildman–Crippen LogP) is 3.95. The summed E-state index contributed by atoms with van der Waals surface area (Å²) >= 11 is 0. The number of carbonyl (C=O) groups is 2. The van der Waals surface area contributed by atoms with E-state index in [1.807, 2.05) is 30.3 Å². The van der Waals surface area contributed by atoms with Gasteiger partial charge < -0.3 is 19.2 Å².